The molecular weight excluding hydrogens is 240 g/mol. The van der Waals surface area contributed by atoms with Crippen molar-refractivity contribution in [3.05, 3.63) is 23.8 Å². The molecule has 0 radical (unpaired) electrons. The first-order valence-electron chi connectivity index (χ1n) is 6.97. The van der Waals surface area contributed by atoms with Gasteiger partial charge in [-0.2, -0.15) is 0 Å². The Morgan fingerprint density at radius 2 is 2.37 bits per heavy atom. The summed E-state index contributed by atoms with van der Waals surface area (Å²) < 4.78 is 5.56. The molecule has 2 N–H and O–H groups in total. The first-order valence-corrected chi connectivity index (χ1v) is 6.97. The second kappa shape index (κ2) is 4.85. The minimum absolute atomic E-state index is 0.109. The summed E-state index contributed by atoms with van der Waals surface area (Å²) in [5, 5.41) is 0. The number of benzene rings is 1. The van der Waals surface area contributed by atoms with E-state index in [1.807, 2.05) is 23.1 Å². The van der Waals surface area contributed by atoms with Crippen molar-refractivity contribution in [3.8, 4) is 0 Å². The molecule has 1 fully saturated rings. The highest BCUT2D eigenvalue weighted by molar-refractivity contribution is 5.96. The van der Waals surface area contributed by atoms with E-state index in [-0.39, 0.29) is 18.1 Å². The van der Waals surface area contributed by atoms with Crippen molar-refractivity contribution in [3.63, 3.8) is 0 Å². The molecule has 1 amide bonds. The van der Waals surface area contributed by atoms with Crippen LogP contribution in [0.25, 0.3) is 0 Å². The average Bonchev–Trinajstić information content (AvgIpc) is 2.95. The number of hydrogen-bond donors (Lipinski definition) is 1. The number of nitrogen functional groups attached to an aromatic ring is 1. The van der Waals surface area contributed by atoms with Gasteiger partial charge in [-0.3, -0.25) is 4.79 Å². The van der Waals surface area contributed by atoms with Crippen molar-refractivity contribution in [2.45, 2.75) is 44.8 Å². The Morgan fingerprint density at radius 1 is 1.53 bits per heavy atom. The number of carbonyl (C=O) groups is 1. The number of nitrogens with two attached hydrogens (primary N) is 1. The molecule has 0 spiro atoms. The minimum Gasteiger partial charge on any atom is -0.399 e. The lowest BCUT2D eigenvalue weighted by Gasteiger charge is -2.24. The van der Waals surface area contributed by atoms with E-state index in [0.29, 0.717) is 6.42 Å². The number of ether oxygens (including phenoxy) is 1. The number of carbonyl (C=O) groups excluding carboxylic acids is 1. The standard InChI is InChI=1S/C15H20N2O2/c1-10-7-11-8-12(16)4-5-14(11)17(10)15(18)9-13-3-2-6-19-13/h4-5,8,10,13H,2-3,6-7,9,16H2,1H3. The van der Waals surface area contributed by atoms with Crippen LogP contribution in [0.2, 0.25) is 0 Å². The van der Waals surface area contributed by atoms with E-state index < -0.39 is 0 Å². The van der Waals surface area contributed by atoms with Crippen LogP contribution in [-0.2, 0) is 16.0 Å². The summed E-state index contributed by atoms with van der Waals surface area (Å²) in [7, 11) is 0. The number of anilines is 2. The highest BCUT2D eigenvalue weighted by Crippen LogP contribution is 2.34. The van der Waals surface area contributed by atoms with Gasteiger partial charge < -0.3 is 15.4 Å². The summed E-state index contributed by atoms with van der Waals surface area (Å²) in [5.41, 5.74) is 8.76. The molecule has 1 aromatic carbocycles. The predicted molar refractivity (Wildman–Crippen MR) is 75.1 cm³/mol. The maximum absolute atomic E-state index is 12.5. The van der Waals surface area contributed by atoms with Gasteiger partial charge in [-0.25, -0.2) is 0 Å². The first-order chi connectivity index (χ1) is 9.15. The second-order valence-electron chi connectivity index (χ2n) is 5.54. The normalized spacial score (nSPS) is 25.6. The third-order valence-electron chi connectivity index (χ3n) is 4.01. The molecule has 4 heteroatoms. The molecule has 19 heavy (non-hydrogen) atoms. The summed E-state index contributed by atoms with van der Waals surface area (Å²) in [5.74, 6) is 0.169. The third-order valence-corrected chi connectivity index (χ3v) is 4.01. The van der Waals surface area contributed by atoms with Gasteiger partial charge in [-0.05, 0) is 49.9 Å². The number of amides is 1. The smallest absolute Gasteiger partial charge is 0.229 e. The Morgan fingerprint density at radius 3 is 3.11 bits per heavy atom. The van der Waals surface area contributed by atoms with E-state index in [9.17, 15) is 4.79 Å². The average molecular weight is 260 g/mol. The van der Waals surface area contributed by atoms with Gasteiger partial charge >= 0.3 is 0 Å². The molecular formula is C15H20N2O2. The number of rotatable bonds is 2. The molecule has 2 unspecified atom stereocenters. The van der Waals surface area contributed by atoms with Crippen LogP contribution < -0.4 is 10.6 Å². The van der Waals surface area contributed by atoms with E-state index in [1.54, 1.807) is 0 Å². The highest BCUT2D eigenvalue weighted by atomic mass is 16.5. The van der Waals surface area contributed by atoms with Crippen molar-refractivity contribution >= 4 is 17.3 Å². The summed E-state index contributed by atoms with van der Waals surface area (Å²) in [6, 6.07) is 6.02. The maximum Gasteiger partial charge on any atom is 0.229 e. The quantitative estimate of drug-likeness (QED) is 0.829. The Hall–Kier alpha value is -1.55. The van der Waals surface area contributed by atoms with Gasteiger partial charge in [-0.1, -0.05) is 0 Å². The second-order valence-corrected chi connectivity index (χ2v) is 5.54. The number of nitrogens with zero attached hydrogens (tertiary/aromatic N) is 1. The molecule has 2 atom stereocenters. The largest absolute Gasteiger partial charge is 0.399 e. The molecule has 2 aliphatic rings. The van der Waals surface area contributed by atoms with Crippen molar-refractivity contribution in [2.24, 2.45) is 0 Å². The molecule has 0 aromatic heterocycles. The zero-order chi connectivity index (χ0) is 13.4. The Balaban J connectivity index is 1.79. The topological polar surface area (TPSA) is 55.6 Å². The molecule has 4 nitrogen and oxygen atoms in total. The minimum atomic E-state index is 0.109. The molecule has 1 saturated heterocycles. The Bertz CT molecular complexity index is 495. The third kappa shape index (κ3) is 2.32. The van der Waals surface area contributed by atoms with E-state index in [0.717, 1.165) is 37.2 Å². The molecule has 0 aliphatic carbocycles. The zero-order valence-corrected chi connectivity index (χ0v) is 11.3. The Labute approximate surface area is 113 Å². The predicted octanol–water partition coefficient (Wildman–Crippen LogP) is 2.12. The summed E-state index contributed by atoms with van der Waals surface area (Å²) in [6.07, 6.45) is 3.56. The lowest BCUT2D eigenvalue weighted by molar-refractivity contribution is -0.121. The number of fused-ring (bicyclic) bond motifs is 1. The lowest BCUT2D eigenvalue weighted by Crippen LogP contribution is -2.37. The van der Waals surface area contributed by atoms with Gasteiger partial charge in [0.15, 0.2) is 0 Å². The summed E-state index contributed by atoms with van der Waals surface area (Å²) in [6.45, 7) is 2.88. The Kier molecular flexibility index (Phi) is 3.19. The molecule has 2 heterocycles. The first kappa shape index (κ1) is 12.5. The SMILES string of the molecule is CC1Cc2cc(N)ccc2N1C(=O)CC1CCCO1. The van der Waals surface area contributed by atoms with Gasteiger partial charge in [0, 0.05) is 24.0 Å². The van der Waals surface area contributed by atoms with Crippen LogP contribution in [0.1, 0.15) is 31.7 Å². The monoisotopic (exact) mass is 260 g/mol. The molecule has 0 saturated carbocycles. The fourth-order valence-electron chi connectivity index (χ4n) is 3.13. The van der Waals surface area contributed by atoms with Gasteiger partial charge in [0.2, 0.25) is 5.91 Å². The van der Waals surface area contributed by atoms with Crippen molar-refractivity contribution in [2.75, 3.05) is 17.2 Å². The maximum atomic E-state index is 12.5. The van der Waals surface area contributed by atoms with Crippen LogP contribution in [0.5, 0.6) is 0 Å². The van der Waals surface area contributed by atoms with Crippen LogP contribution >= 0.6 is 0 Å². The van der Waals surface area contributed by atoms with E-state index >= 15 is 0 Å². The molecule has 1 aromatic rings. The van der Waals surface area contributed by atoms with Gasteiger partial charge in [0.05, 0.1) is 12.5 Å². The van der Waals surface area contributed by atoms with Crippen LogP contribution in [0.3, 0.4) is 0 Å². The number of hydrogen-bond acceptors (Lipinski definition) is 3. The van der Waals surface area contributed by atoms with E-state index in [2.05, 4.69) is 6.92 Å². The van der Waals surface area contributed by atoms with Crippen LogP contribution in [0.4, 0.5) is 11.4 Å². The van der Waals surface area contributed by atoms with Gasteiger partial charge in [0.1, 0.15) is 0 Å². The molecule has 0 bridgehead atoms. The van der Waals surface area contributed by atoms with Crippen LogP contribution in [0, 0.1) is 0 Å². The van der Waals surface area contributed by atoms with Crippen LogP contribution in [-0.4, -0.2) is 24.7 Å². The lowest BCUT2D eigenvalue weighted by atomic mass is 10.1. The van der Waals surface area contributed by atoms with Gasteiger partial charge in [-0.15, -0.1) is 0 Å². The van der Waals surface area contributed by atoms with E-state index in [4.69, 9.17) is 10.5 Å². The van der Waals surface area contributed by atoms with E-state index in [1.165, 1.54) is 5.56 Å². The summed E-state index contributed by atoms with van der Waals surface area (Å²) in [4.78, 5) is 14.4. The van der Waals surface area contributed by atoms with Crippen molar-refractivity contribution < 1.29 is 9.53 Å². The fraction of sp³-hybridized carbons (Fsp3) is 0.533. The highest BCUT2D eigenvalue weighted by Gasteiger charge is 2.32. The fourth-order valence-corrected chi connectivity index (χ4v) is 3.13. The van der Waals surface area contributed by atoms with Crippen molar-refractivity contribution in [1.29, 1.82) is 0 Å². The zero-order valence-electron chi connectivity index (χ0n) is 11.3. The van der Waals surface area contributed by atoms with Crippen molar-refractivity contribution in [1.82, 2.24) is 0 Å². The molecule has 2 aliphatic heterocycles. The molecule has 3 rings (SSSR count). The summed E-state index contributed by atoms with van der Waals surface area (Å²) >= 11 is 0. The molecule has 102 valence electrons. The van der Waals surface area contributed by atoms with Gasteiger partial charge in [0.25, 0.3) is 0 Å². The van der Waals surface area contributed by atoms with Crippen LogP contribution in [0.15, 0.2) is 18.2 Å².